The van der Waals surface area contributed by atoms with E-state index in [1.165, 1.54) is 51.4 Å². The Morgan fingerprint density at radius 1 is 0.333 bits per heavy atom. The fourth-order valence-corrected chi connectivity index (χ4v) is 6.58. The van der Waals surface area contributed by atoms with Crippen molar-refractivity contribution in [3.63, 3.8) is 0 Å². The van der Waals surface area contributed by atoms with Gasteiger partial charge in [0.15, 0.2) is 6.10 Å². The summed E-state index contributed by atoms with van der Waals surface area (Å²) < 4.78 is 16.7. The zero-order valence-corrected chi connectivity index (χ0v) is 40.5. The van der Waals surface area contributed by atoms with Gasteiger partial charge in [-0.3, -0.25) is 14.4 Å². The topological polar surface area (TPSA) is 78.9 Å². The SMILES string of the molecule is CC/C=C/C=C/C=C/CCCCCCCC(=O)OCC(COC(=O)CCCCCCC/C=C/C=C/C=C/C=C/C=C/CCC)OC(=O)CCCCC/C=C/CCCCCCCCC. The molecule has 0 amide bonds. The number of hydrogen-bond acceptors (Lipinski definition) is 6. The third-order valence-electron chi connectivity index (χ3n) is 10.4. The molecule has 0 saturated heterocycles. The molecule has 0 aromatic carbocycles. The Bertz CT molecular complexity index is 1330. The molecule has 0 bridgehead atoms. The summed E-state index contributed by atoms with van der Waals surface area (Å²) in [6.07, 6.45) is 67.8. The normalized spacial score (nSPS) is 13.0. The monoisotopic (exact) mass is 873 g/mol. The largest absolute Gasteiger partial charge is 0.462 e. The van der Waals surface area contributed by atoms with Gasteiger partial charge in [-0.15, -0.1) is 0 Å². The number of allylic oxidation sites excluding steroid dienone is 18. The van der Waals surface area contributed by atoms with Crippen LogP contribution in [0.25, 0.3) is 0 Å². The van der Waals surface area contributed by atoms with E-state index in [9.17, 15) is 14.4 Å². The van der Waals surface area contributed by atoms with Gasteiger partial charge in [0.25, 0.3) is 0 Å². The van der Waals surface area contributed by atoms with Gasteiger partial charge in [-0.1, -0.05) is 220 Å². The van der Waals surface area contributed by atoms with E-state index in [4.69, 9.17) is 14.2 Å². The Labute approximate surface area is 387 Å². The number of rotatable bonds is 44. The molecule has 0 aromatic heterocycles. The van der Waals surface area contributed by atoms with Gasteiger partial charge in [0.1, 0.15) is 13.2 Å². The quantitative estimate of drug-likeness (QED) is 0.0199. The van der Waals surface area contributed by atoms with E-state index in [1.807, 2.05) is 30.4 Å². The molecule has 63 heavy (non-hydrogen) atoms. The Hall–Kier alpha value is -3.93. The van der Waals surface area contributed by atoms with Crippen LogP contribution in [0, 0.1) is 0 Å². The molecule has 0 aliphatic heterocycles. The zero-order chi connectivity index (χ0) is 45.8. The Balaban J connectivity index is 4.50. The second-order valence-corrected chi connectivity index (χ2v) is 16.5. The lowest BCUT2D eigenvalue weighted by Crippen LogP contribution is -2.30. The third kappa shape index (κ3) is 49.0. The van der Waals surface area contributed by atoms with Gasteiger partial charge in [0.05, 0.1) is 0 Å². The molecule has 0 N–H and O–H groups in total. The minimum atomic E-state index is -0.806. The summed E-state index contributed by atoms with van der Waals surface area (Å²) in [7, 11) is 0. The van der Waals surface area contributed by atoms with Crippen molar-refractivity contribution in [1.82, 2.24) is 0 Å². The maximum Gasteiger partial charge on any atom is 0.306 e. The highest BCUT2D eigenvalue weighted by molar-refractivity contribution is 5.71. The molecular weight excluding hydrogens is 781 g/mol. The Morgan fingerprint density at radius 2 is 0.667 bits per heavy atom. The van der Waals surface area contributed by atoms with Crippen molar-refractivity contribution in [3.05, 3.63) is 109 Å². The highest BCUT2D eigenvalue weighted by atomic mass is 16.6. The van der Waals surface area contributed by atoms with E-state index in [1.54, 1.807) is 0 Å². The van der Waals surface area contributed by atoms with Crippen molar-refractivity contribution in [2.75, 3.05) is 13.2 Å². The molecule has 0 aliphatic carbocycles. The standard InChI is InChI=1S/C57H92O6/c1-4-7-10-13-16-19-22-25-27-28-29-30-33-35-38-41-44-47-50-56(59)62-53-54(52-61-55(58)49-46-43-40-37-34-31-24-21-18-15-12-9-6-3)63-57(60)51-48-45-42-39-36-32-26-23-20-17-14-11-8-5-2/h9-10,12-13,15-16,18-19,21-22,24-25,27-30,32,36,54H,4-8,11,14,17,20,23,26,31,33-35,37-53H2,1-3H3/b12-9+,13-10+,18-15+,19-16+,24-21+,25-22+,28-27+,30-29+,36-32+. The first-order valence-electron chi connectivity index (χ1n) is 25.5. The molecule has 0 heterocycles. The maximum absolute atomic E-state index is 12.8. The number of carbonyl (C=O) groups excluding carboxylic acids is 3. The highest BCUT2D eigenvalue weighted by Crippen LogP contribution is 2.13. The van der Waals surface area contributed by atoms with Crippen molar-refractivity contribution < 1.29 is 28.6 Å². The summed E-state index contributed by atoms with van der Waals surface area (Å²) in [5, 5.41) is 0. The minimum Gasteiger partial charge on any atom is -0.462 e. The summed E-state index contributed by atoms with van der Waals surface area (Å²) >= 11 is 0. The maximum atomic E-state index is 12.8. The number of ether oxygens (including phenoxy) is 3. The van der Waals surface area contributed by atoms with Crippen LogP contribution >= 0.6 is 0 Å². The van der Waals surface area contributed by atoms with Crippen molar-refractivity contribution >= 4 is 17.9 Å². The van der Waals surface area contributed by atoms with Crippen LogP contribution in [-0.4, -0.2) is 37.2 Å². The summed E-state index contributed by atoms with van der Waals surface area (Å²) in [5.41, 5.74) is 0. The average molecular weight is 873 g/mol. The molecule has 6 heteroatoms. The van der Waals surface area contributed by atoms with Gasteiger partial charge in [-0.2, -0.15) is 0 Å². The van der Waals surface area contributed by atoms with Crippen LogP contribution in [0.15, 0.2) is 109 Å². The zero-order valence-electron chi connectivity index (χ0n) is 40.5. The van der Waals surface area contributed by atoms with Crippen LogP contribution in [0.2, 0.25) is 0 Å². The molecule has 0 spiro atoms. The predicted molar refractivity (Wildman–Crippen MR) is 270 cm³/mol. The molecule has 356 valence electrons. The average Bonchev–Trinajstić information content (AvgIpc) is 3.28. The van der Waals surface area contributed by atoms with Crippen LogP contribution < -0.4 is 0 Å². The molecule has 0 radical (unpaired) electrons. The van der Waals surface area contributed by atoms with Crippen molar-refractivity contribution in [1.29, 1.82) is 0 Å². The molecule has 0 rings (SSSR count). The van der Waals surface area contributed by atoms with Crippen LogP contribution in [0.1, 0.15) is 213 Å². The molecule has 0 saturated carbocycles. The van der Waals surface area contributed by atoms with Crippen LogP contribution in [0.5, 0.6) is 0 Å². The van der Waals surface area contributed by atoms with E-state index in [0.717, 1.165) is 122 Å². The second-order valence-electron chi connectivity index (χ2n) is 16.5. The van der Waals surface area contributed by atoms with Gasteiger partial charge in [-0.25, -0.2) is 0 Å². The van der Waals surface area contributed by atoms with E-state index in [2.05, 4.69) is 99.8 Å². The summed E-state index contributed by atoms with van der Waals surface area (Å²) in [5.74, 6) is -0.971. The number of unbranched alkanes of at least 4 members (excludes halogenated alkanes) is 21. The van der Waals surface area contributed by atoms with Gasteiger partial charge in [-0.05, 0) is 83.5 Å². The third-order valence-corrected chi connectivity index (χ3v) is 10.4. The Morgan fingerprint density at radius 3 is 1.10 bits per heavy atom. The number of hydrogen-bond donors (Lipinski definition) is 0. The molecule has 0 fully saturated rings. The fraction of sp³-hybridized carbons (Fsp3) is 0.632. The van der Waals surface area contributed by atoms with Gasteiger partial charge in [0.2, 0.25) is 0 Å². The lowest BCUT2D eigenvalue weighted by molar-refractivity contribution is -0.167. The van der Waals surface area contributed by atoms with E-state index in [-0.39, 0.29) is 31.1 Å². The fourth-order valence-electron chi connectivity index (χ4n) is 6.58. The number of esters is 3. The second kappa shape index (κ2) is 50.7. The lowest BCUT2D eigenvalue weighted by Gasteiger charge is -2.18. The molecule has 6 nitrogen and oxygen atoms in total. The summed E-state index contributed by atoms with van der Waals surface area (Å²) in [6, 6.07) is 0. The summed E-state index contributed by atoms with van der Waals surface area (Å²) in [4.78, 5) is 38.0. The van der Waals surface area contributed by atoms with Gasteiger partial charge < -0.3 is 14.2 Å². The van der Waals surface area contributed by atoms with Crippen LogP contribution in [-0.2, 0) is 28.6 Å². The van der Waals surface area contributed by atoms with Crippen LogP contribution in [0.4, 0.5) is 0 Å². The first-order chi connectivity index (χ1) is 31.0. The molecule has 0 aliphatic rings. The number of carbonyl (C=O) groups is 3. The van der Waals surface area contributed by atoms with Crippen LogP contribution in [0.3, 0.4) is 0 Å². The predicted octanol–water partition coefficient (Wildman–Crippen LogP) is 16.8. The summed E-state index contributed by atoms with van der Waals surface area (Å²) in [6.45, 7) is 6.34. The van der Waals surface area contributed by atoms with Crippen molar-refractivity contribution in [2.24, 2.45) is 0 Å². The van der Waals surface area contributed by atoms with Gasteiger partial charge in [0, 0.05) is 19.3 Å². The van der Waals surface area contributed by atoms with E-state index in [0.29, 0.717) is 19.3 Å². The van der Waals surface area contributed by atoms with E-state index >= 15 is 0 Å². The van der Waals surface area contributed by atoms with Crippen molar-refractivity contribution in [2.45, 2.75) is 219 Å². The van der Waals surface area contributed by atoms with Gasteiger partial charge >= 0.3 is 17.9 Å². The van der Waals surface area contributed by atoms with Crippen molar-refractivity contribution in [3.8, 4) is 0 Å². The molecule has 1 atom stereocenters. The first kappa shape index (κ1) is 59.1. The van der Waals surface area contributed by atoms with E-state index < -0.39 is 6.10 Å². The molecular formula is C57H92O6. The molecule has 0 aromatic rings. The lowest BCUT2D eigenvalue weighted by atomic mass is 10.1. The molecule has 1 unspecified atom stereocenters. The Kier molecular flexibility index (Phi) is 47.5. The minimum absolute atomic E-state index is 0.105. The smallest absolute Gasteiger partial charge is 0.306 e. The first-order valence-corrected chi connectivity index (χ1v) is 25.5. The highest BCUT2D eigenvalue weighted by Gasteiger charge is 2.19.